The fourth-order valence-electron chi connectivity index (χ4n) is 5.04. The maximum absolute atomic E-state index is 13.7. The number of amides is 1. The number of benzene rings is 2. The Bertz CT molecular complexity index is 1400. The number of rotatable bonds is 4. The number of halogens is 1. The van der Waals surface area contributed by atoms with Gasteiger partial charge in [-0.15, -0.1) is 0 Å². The van der Waals surface area contributed by atoms with E-state index >= 15 is 0 Å². The fourth-order valence-corrected chi connectivity index (χ4v) is 5.15. The highest BCUT2D eigenvalue weighted by atomic mass is 35.5. The highest BCUT2D eigenvalue weighted by Gasteiger charge is 2.28. The SMILES string of the molecule is CC(=O)N[C@H]1CCCC[C@@H]1n1cnc2c(cc(Cc3ccc(Cl)nc3)c3ccccc32)c1=O. The molecule has 0 saturated heterocycles. The van der Waals surface area contributed by atoms with Crippen LogP contribution in [0.4, 0.5) is 0 Å². The molecule has 2 aromatic heterocycles. The van der Waals surface area contributed by atoms with Crippen molar-refractivity contribution < 1.29 is 4.79 Å². The first-order valence-corrected chi connectivity index (χ1v) is 11.7. The third-order valence-electron chi connectivity index (χ3n) is 6.54. The van der Waals surface area contributed by atoms with Crippen LogP contribution in [0.25, 0.3) is 21.7 Å². The van der Waals surface area contributed by atoms with Gasteiger partial charge in [-0.25, -0.2) is 9.97 Å². The van der Waals surface area contributed by atoms with Crippen molar-refractivity contribution >= 4 is 39.2 Å². The Morgan fingerprint density at radius 2 is 1.88 bits per heavy atom. The Hall–Kier alpha value is -3.25. The molecule has 2 atom stereocenters. The van der Waals surface area contributed by atoms with Crippen LogP contribution in [0.5, 0.6) is 0 Å². The van der Waals surface area contributed by atoms with E-state index in [4.69, 9.17) is 16.6 Å². The number of nitrogens with one attached hydrogen (secondary N) is 1. The number of nitrogens with zero attached hydrogens (tertiary/aromatic N) is 3. The topological polar surface area (TPSA) is 76.9 Å². The van der Waals surface area contributed by atoms with Gasteiger partial charge in [0.05, 0.1) is 23.3 Å². The molecule has 1 saturated carbocycles. The quantitative estimate of drug-likeness (QED) is 0.350. The minimum Gasteiger partial charge on any atom is -0.352 e. The molecule has 1 aliphatic carbocycles. The molecule has 5 rings (SSSR count). The number of pyridine rings is 1. The second kappa shape index (κ2) is 8.94. The molecule has 168 valence electrons. The van der Waals surface area contributed by atoms with Crippen molar-refractivity contribution in [1.29, 1.82) is 0 Å². The summed E-state index contributed by atoms with van der Waals surface area (Å²) in [5.41, 5.74) is 2.70. The lowest BCUT2D eigenvalue weighted by atomic mass is 9.89. The van der Waals surface area contributed by atoms with Crippen LogP contribution in [0.1, 0.15) is 49.8 Å². The minimum absolute atomic E-state index is 0.0618. The van der Waals surface area contributed by atoms with Crippen LogP contribution in [0.15, 0.2) is 59.8 Å². The van der Waals surface area contributed by atoms with Crippen molar-refractivity contribution in [3.63, 3.8) is 0 Å². The normalized spacial score (nSPS) is 18.5. The Morgan fingerprint density at radius 3 is 2.64 bits per heavy atom. The highest BCUT2D eigenvalue weighted by molar-refractivity contribution is 6.29. The number of hydrogen-bond donors (Lipinski definition) is 1. The van der Waals surface area contributed by atoms with E-state index < -0.39 is 0 Å². The minimum atomic E-state index is -0.0950. The molecule has 2 heterocycles. The molecule has 0 radical (unpaired) electrons. The molecular weight excluding hydrogens is 436 g/mol. The van der Waals surface area contributed by atoms with Gasteiger partial charge in [0.1, 0.15) is 5.15 Å². The lowest BCUT2D eigenvalue weighted by Gasteiger charge is -2.33. The summed E-state index contributed by atoms with van der Waals surface area (Å²) in [6.07, 6.45) is 7.83. The average molecular weight is 461 g/mol. The van der Waals surface area contributed by atoms with Crippen LogP contribution in [0.2, 0.25) is 5.15 Å². The van der Waals surface area contributed by atoms with Crippen LogP contribution in [-0.2, 0) is 11.2 Å². The predicted octanol–water partition coefficient (Wildman–Crippen LogP) is 4.81. The molecule has 4 aromatic rings. The van der Waals surface area contributed by atoms with Crippen molar-refractivity contribution in [2.24, 2.45) is 0 Å². The van der Waals surface area contributed by atoms with Crippen LogP contribution < -0.4 is 10.9 Å². The molecule has 0 aliphatic heterocycles. The van der Waals surface area contributed by atoms with E-state index in [1.54, 1.807) is 23.2 Å². The van der Waals surface area contributed by atoms with E-state index in [-0.39, 0.29) is 23.6 Å². The van der Waals surface area contributed by atoms with Crippen LogP contribution in [-0.4, -0.2) is 26.5 Å². The van der Waals surface area contributed by atoms with E-state index in [2.05, 4.69) is 16.4 Å². The number of carbonyl (C=O) groups excluding carboxylic acids is 1. The van der Waals surface area contributed by atoms with Gasteiger partial charge < -0.3 is 5.32 Å². The number of hydrogen-bond acceptors (Lipinski definition) is 4. The second-order valence-electron chi connectivity index (χ2n) is 8.76. The van der Waals surface area contributed by atoms with Crippen LogP contribution in [0.3, 0.4) is 0 Å². The molecule has 1 aliphatic rings. The first-order chi connectivity index (χ1) is 16.0. The zero-order valence-corrected chi connectivity index (χ0v) is 19.2. The smallest absolute Gasteiger partial charge is 0.261 e. The lowest BCUT2D eigenvalue weighted by Crippen LogP contribution is -2.44. The largest absolute Gasteiger partial charge is 0.352 e. The summed E-state index contributed by atoms with van der Waals surface area (Å²) in [4.78, 5) is 34.4. The molecule has 2 aromatic carbocycles. The first kappa shape index (κ1) is 21.6. The standard InChI is InChI=1S/C26H25ClN4O2/c1-16(32)30-22-8-4-5-9-23(22)31-15-29-25-20-7-3-2-6-19(20)18(13-21(25)26(31)33)12-17-10-11-24(27)28-14-17/h2-3,6-7,10-11,13-15,22-23H,4-5,8-9,12H2,1H3,(H,30,32)/t22-,23-/m0/s1. The summed E-state index contributed by atoms with van der Waals surface area (Å²) < 4.78 is 1.73. The summed E-state index contributed by atoms with van der Waals surface area (Å²) in [6, 6.07) is 13.6. The molecular formula is C26H25ClN4O2. The summed E-state index contributed by atoms with van der Waals surface area (Å²) in [5, 5.41) is 6.12. The Balaban J connectivity index is 1.66. The molecule has 0 bridgehead atoms. The van der Waals surface area contributed by atoms with Gasteiger partial charge >= 0.3 is 0 Å². The first-order valence-electron chi connectivity index (χ1n) is 11.3. The molecule has 1 fully saturated rings. The molecule has 1 amide bonds. The number of aromatic nitrogens is 3. The van der Waals surface area contributed by atoms with Crippen molar-refractivity contribution in [1.82, 2.24) is 19.9 Å². The van der Waals surface area contributed by atoms with Crippen molar-refractivity contribution in [3.05, 3.63) is 81.6 Å². The van der Waals surface area contributed by atoms with Crippen molar-refractivity contribution in [2.45, 2.75) is 51.1 Å². The summed E-state index contributed by atoms with van der Waals surface area (Å²) in [6.45, 7) is 1.52. The fraction of sp³-hybridized carbons (Fsp3) is 0.308. The highest BCUT2D eigenvalue weighted by Crippen LogP contribution is 2.30. The van der Waals surface area contributed by atoms with Crippen molar-refractivity contribution in [3.8, 4) is 0 Å². The zero-order valence-electron chi connectivity index (χ0n) is 18.4. The molecule has 33 heavy (non-hydrogen) atoms. The third kappa shape index (κ3) is 4.23. The number of fused-ring (bicyclic) bond motifs is 3. The van der Waals surface area contributed by atoms with Crippen LogP contribution >= 0.6 is 11.6 Å². The van der Waals surface area contributed by atoms with Gasteiger partial charge in [-0.1, -0.05) is 54.8 Å². The zero-order chi connectivity index (χ0) is 22.9. The predicted molar refractivity (Wildman–Crippen MR) is 131 cm³/mol. The maximum atomic E-state index is 13.7. The Labute approximate surface area is 196 Å². The van der Waals surface area contributed by atoms with E-state index in [1.165, 1.54) is 6.92 Å². The Kier molecular flexibility index (Phi) is 5.85. The lowest BCUT2D eigenvalue weighted by molar-refractivity contribution is -0.120. The average Bonchev–Trinajstić information content (AvgIpc) is 2.81. The second-order valence-corrected chi connectivity index (χ2v) is 9.15. The van der Waals surface area contributed by atoms with Gasteiger partial charge in [0.15, 0.2) is 0 Å². The van der Waals surface area contributed by atoms with Gasteiger partial charge in [-0.05, 0) is 47.9 Å². The maximum Gasteiger partial charge on any atom is 0.261 e. The molecule has 6 nitrogen and oxygen atoms in total. The summed E-state index contributed by atoms with van der Waals surface area (Å²) >= 11 is 5.95. The van der Waals surface area contributed by atoms with E-state index in [0.29, 0.717) is 22.5 Å². The molecule has 0 spiro atoms. The molecule has 7 heteroatoms. The van der Waals surface area contributed by atoms with E-state index in [9.17, 15) is 9.59 Å². The summed E-state index contributed by atoms with van der Waals surface area (Å²) in [7, 11) is 0. The van der Waals surface area contributed by atoms with Gasteiger partial charge in [0.2, 0.25) is 5.91 Å². The monoisotopic (exact) mass is 460 g/mol. The summed E-state index contributed by atoms with van der Waals surface area (Å²) in [5.74, 6) is -0.0708. The Morgan fingerprint density at radius 1 is 1.09 bits per heavy atom. The van der Waals surface area contributed by atoms with Gasteiger partial charge in [-0.3, -0.25) is 14.2 Å². The van der Waals surface area contributed by atoms with E-state index in [0.717, 1.165) is 47.6 Å². The van der Waals surface area contributed by atoms with Gasteiger partial charge in [0, 0.05) is 24.5 Å². The number of carbonyl (C=O) groups is 1. The third-order valence-corrected chi connectivity index (χ3v) is 6.76. The van der Waals surface area contributed by atoms with E-state index in [1.807, 2.05) is 30.3 Å². The van der Waals surface area contributed by atoms with Gasteiger partial charge in [-0.2, -0.15) is 0 Å². The molecule has 1 N–H and O–H groups in total. The molecule has 0 unspecified atom stereocenters. The van der Waals surface area contributed by atoms with Gasteiger partial charge in [0.25, 0.3) is 5.56 Å². The van der Waals surface area contributed by atoms with Crippen molar-refractivity contribution in [2.75, 3.05) is 0 Å². The van der Waals surface area contributed by atoms with Crippen LogP contribution in [0, 0.1) is 0 Å².